The van der Waals surface area contributed by atoms with Gasteiger partial charge in [0.05, 0.1) is 16.7 Å². The van der Waals surface area contributed by atoms with Crippen LogP contribution in [0.3, 0.4) is 0 Å². The SMILES string of the molecule is CC(=O)c1cc2cc(S(=O)(=O)OC(C)C)ccc2[nH]1. The smallest absolute Gasteiger partial charge is 0.297 e. The zero-order valence-corrected chi connectivity index (χ0v) is 11.7. The second-order valence-electron chi connectivity index (χ2n) is 4.59. The highest BCUT2D eigenvalue weighted by molar-refractivity contribution is 7.86. The molecule has 2 aromatic rings. The molecule has 0 amide bonds. The largest absolute Gasteiger partial charge is 0.352 e. The number of carbonyl (C=O) groups is 1. The van der Waals surface area contributed by atoms with E-state index in [9.17, 15) is 13.2 Å². The normalized spacial score (nSPS) is 12.2. The van der Waals surface area contributed by atoms with Crippen LogP contribution >= 0.6 is 0 Å². The number of H-pyrrole nitrogens is 1. The Balaban J connectivity index is 2.50. The number of rotatable bonds is 4. The van der Waals surface area contributed by atoms with Crippen LogP contribution in [0.5, 0.6) is 0 Å². The first-order valence-electron chi connectivity index (χ1n) is 5.86. The van der Waals surface area contributed by atoms with Crippen molar-refractivity contribution in [3.05, 3.63) is 30.0 Å². The lowest BCUT2D eigenvalue weighted by Gasteiger charge is -2.08. The molecule has 0 bridgehead atoms. The fourth-order valence-corrected chi connectivity index (χ4v) is 2.89. The topological polar surface area (TPSA) is 76.2 Å². The summed E-state index contributed by atoms with van der Waals surface area (Å²) in [6, 6.07) is 6.21. The number of aromatic nitrogens is 1. The molecule has 0 aliphatic carbocycles. The Morgan fingerprint density at radius 3 is 2.53 bits per heavy atom. The van der Waals surface area contributed by atoms with Crippen molar-refractivity contribution in [3.63, 3.8) is 0 Å². The van der Waals surface area contributed by atoms with Gasteiger partial charge in [-0.3, -0.25) is 8.98 Å². The standard InChI is InChI=1S/C13H15NO4S/c1-8(2)18-19(16,17)11-4-5-12-10(6-11)7-13(14-12)9(3)15/h4-8,14H,1-3H3. The molecule has 0 aliphatic heterocycles. The van der Waals surface area contributed by atoms with E-state index in [2.05, 4.69) is 4.98 Å². The van der Waals surface area contributed by atoms with Crippen LogP contribution in [0.15, 0.2) is 29.2 Å². The summed E-state index contributed by atoms with van der Waals surface area (Å²) in [6.45, 7) is 4.75. The average Bonchev–Trinajstić information content (AvgIpc) is 2.69. The van der Waals surface area contributed by atoms with E-state index in [1.165, 1.54) is 19.1 Å². The molecule has 102 valence electrons. The Bertz CT molecular complexity index is 728. The predicted octanol–water partition coefficient (Wildman–Crippen LogP) is 2.48. The third kappa shape index (κ3) is 2.85. The Hall–Kier alpha value is -1.66. The van der Waals surface area contributed by atoms with Crippen LogP contribution in [0.4, 0.5) is 0 Å². The van der Waals surface area contributed by atoms with Crippen molar-refractivity contribution in [1.29, 1.82) is 0 Å². The lowest BCUT2D eigenvalue weighted by molar-refractivity contribution is 0.101. The van der Waals surface area contributed by atoms with Crippen LogP contribution in [0, 0.1) is 0 Å². The first-order chi connectivity index (χ1) is 8.79. The maximum Gasteiger partial charge on any atom is 0.297 e. The molecule has 0 spiro atoms. The molecule has 0 fully saturated rings. The van der Waals surface area contributed by atoms with E-state index in [0.29, 0.717) is 16.6 Å². The number of ketones is 1. The van der Waals surface area contributed by atoms with Crippen molar-refractivity contribution in [2.24, 2.45) is 0 Å². The van der Waals surface area contributed by atoms with Gasteiger partial charge in [0.1, 0.15) is 0 Å². The van der Waals surface area contributed by atoms with E-state index in [1.807, 2.05) is 0 Å². The molecule has 0 saturated heterocycles. The van der Waals surface area contributed by atoms with Gasteiger partial charge in [-0.2, -0.15) is 8.42 Å². The lowest BCUT2D eigenvalue weighted by atomic mass is 10.2. The van der Waals surface area contributed by atoms with Crippen LogP contribution in [-0.4, -0.2) is 25.3 Å². The Morgan fingerprint density at radius 1 is 1.26 bits per heavy atom. The van der Waals surface area contributed by atoms with E-state index in [4.69, 9.17) is 4.18 Å². The van der Waals surface area contributed by atoms with Crippen LogP contribution in [0.25, 0.3) is 10.9 Å². The van der Waals surface area contributed by atoms with E-state index in [0.717, 1.165) is 0 Å². The second kappa shape index (κ2) is 4.79. The Kier molecular flexibility index (Phi) is 3.47. The molecule has 1 aromatic carbocycles. The maximum atomic E-state index is 11.9. The summed E-state index contributed by atoms with van der Waals surface area (Å²) >= 11 is 0. The molecule has 2 rings (SSSR count). The van der Waals surface area contributed by atoms with Gasteiger partial charge in [0.25, 0.3) is 10.1 Å². The minimum absolute atomic E-state index is 0.0859. The summed E-state index contributed by atoms with van der Waals surface area (Å²) in [5.74, 6) is -0.0981. The molecule has 0 aliphatic rings. The molecule has 1 N–H and O–H groups in total. The predicted molar refractivity (Wildman–Crippen MR) is 71.7 cm³/mol. The number of hydrogen-bond donors (Lipinski definition) is 1. The van der Waals surface area contributed by atoms with Crippen LogP contribution in [0.2, 0.25) is 0 Å². The van der Waals surface area contributed by atoms with Gasteiger partial charge in [0, 0.05) is 17.8 Å². The van der Waals surface area contributed by atoms with Crippen LogP contribution in [0.1, 0.15) is 31.3 Å². The maximum absolute atomic E-state index is 11.9. The molecule has 19 heavy (non-hydrogen) atoms. The van der Waals surface area contributed by atoms with Gasteiger partial charge in [0.15, 0.2) is 5.78 Å². The monoisotopic (exact) mass is 281 g/mol. The summed E-state index contributed by atoms with van der Waals surface area (Å²) in [4.78, 5) is 14.3. The fraction of sp³-hybridized carbons (Fsp3) is 0.308. The number of nitrogens with one attached hydrogen (secondary N) is 1. The summed E-state index contributed by atoms with van der Waals surface area (Å²) < 4.78 is 28.8. The highest BCUT2D eigenvalue weighted by Gasteiger charge is 2.18. The summed E-state index contributed by atoms with van der Waals surface area (Å²) in [7, 11) is -3.76. The minimum atomic E-state index is -3.76. The van der Waals surface area contributed by atoms with Crippen molar-refractivity contribution in [2.45, 2.75) is 31.8 Å². The molecule has 1 heterocycles. The zero-order chi connectivity index (χ0) is 14.2. The number of benzene rings is 1. The van der Waals surface area contributed by atoms with Crippen molar-refractivity contribution in [2.75, 3.05) is 0 Å². The lowest BCUT2D eigenvalue weighted by Crippen LogP contribution is -2.12. The number of fused-ring (bicyclic) bond motifs is 1. The van der Waals surface area contributed by atoms with Gasteiger partial charge in [-0.25, -0.2) is 0 Å². The summed E-state index contributed by atoms with van der Waals surface area (Å²) in [5, 5.41) is 0.665. The first-order valence-corrected chi connectivity index (χ1v) is 7.27. The Morgan fingerprint density at radius 2 is 1.95 bits per heavy atom. The van der Waals surface area contributed by atoms with Crippen molar-refractivity contribution >= 4 is 26.8 Å². The van der Waals surface area contributed by atoms with Gasteiger partial charge in [0.2, 0.25) is 0 Å². The minimum Gasteiger partial charge on any atom is -0.352 e. The van der Waals surface area contributed by atoms with Gasteiger partial charge >= 0.3 is 0 Å². The van der Waals surface area contributed by atoms with E-state index in [1.54, 1.807) is 26.0 Å². The molecule has 5 nitrogen and oxygen atoms in total. The summed E-state index contributed by atoms with van der Waals surface area (Å²) in [5.41, 5.74) is 1.17. The third-order valence-corrected chi connectivity index (χ3v) is 4.05. The Labute approximate surface area is 111 Å². The number of hydrogen-bond acceptors (Lipinski definition) is 4. The van der Waals surface area contributed by atoms with Crippen molar-refractivity contribution in [1.82, 2.24) is 4.98 Å². The van der Waals surface area contributed by atoms with Crippen molar-refractivity contribution < 1.29 is 17.4 Å². The highest BCUT2D eigenvalue weighted by Crippen LogP contribution is 2.22. The van der Waals surface area contributed by atoms with Crippen LogP contribution < -0.4 is 0 Å². The number of aromatic amines is 1. The van der Waals surface area contributed by atoms with Gasteiger partial charge < -0.3 is 4.98 Å². The number of carbonyl (C=O) groups excluding carboxylic acids is 1. The average molecular weight is 281 g/mol. The van der Waals surface area contributed by atoms with E-state index < -0.39 is 16.2 Å². The molecule has 0 atom stereocenters. The first kappa shape index (κ1) is 13.8. The summed E-state index contributed by atoms with van der Waals surface area (Å²) in [6.07, 6.45) is -0.417. The third-order valence-electron chi connectivity index (χ3n) is 2.58. The molecular weight excluding hydrogens is 266 g/mol. The highest BCUT2D eigenvalue weighted by atomic mass is 32.2. The van der Waals surface area contributed by atoms with Gasteiger partial charge in [-0.15, -0.1) is 0 Å². The molecular formula is C13H15NO4S. The van der Waals surface area contributed by atoms with E-state index >= 15 is 0 Å². The number of Topliss-reactive ketones (excluding diaryl/α,β-unsaturated/α-hetero) is 1. The molecule has 0 saturated carbocycles. The van der Waals surface area contributed by atoms with Gasteiger partial charge in [-0.05, 0) is 38.1 Å². The molecule has 6 heteroatoms. The molecule has 0 unspecified atom stereocenters. The van der Waals surface area contributed by atoms with Gasteiger partial charge in [-0.1, -0.05) is 0 Å². The van der Waals surface area contributed by atoms with Crippen LogP contribution in [-0.2, 0) is 14.3 Å². The van der Waals surface area contributed by atoms with Crippen molar-refractivity contribution in [3.8, 4) is 0 Å². The fourth-order valence-electron chi connectivity index (χ4n) is 1.76. The second-order valence-corrected chi connectivity index (χ2v) is 6.16. The van der Waals surface area contributed by atoms with E-state index in [-0.39, 0.29) is 10.7 Å². The molecule has 0 radical (unpaired) electrons. The molecule has 1 aromatic heterocycles. The zero-order valence-electron chi connectivity index (χ0n) is 10.9. The quantitative estimate of drug-likeness (QED) is 0.690.